The fourth-order valence-electron chi connectivity index (χ4n) is 4.13. The summed E-state index contributed by atoms with van der Waals surface area (Å²) in [5.74, 6) is 0. The minimum absolute atomic E-state index is 0.101. The molecule has 0 aliphatic rings. The van der Waals surface area contributed by atoms with Gasteiger partial charge in [-0.3, -0.25) is 0 Å². The van der Waals surface area contributed by atoms with E-state index in [0.29, 0.717) is 11.1 Å². The summed E-state index contributed by atoms with van der Waals surface area (Å²) in [7, 11) is 0. The smallest absolute Gasteiger partial charge is 0.0622 e. The van der Waals surface area contributed by atoms with Crippen molar-refractivity contribution in [1.29, 1.82) is 0 Å². The number of benzene rings is 5. The van der Waals surface area contributed by atoms with Crippen LogP contribution < -0.4 is 0 Å². The molecule has 0 N–H and O–H groups in total. The molecule has 0 unspecified atom stereocenters. The summed E-state index contributed by atoms with van der Waals surface area (Å²) in [4.78, 5) is 0. The number of hydrogen-bond donors (Lipinski definition) is 0. The summed E-state index contributed by atoms with van der Waals surface area (Å²) in [6.45, 7) is 12.7. The van der Waals surface area contributed by atoms with Gasteiger partial charge in [0.2, 0.25) is 0 Å². The Morgan fingerprint density at radius 1 is 0.421 bits per heavy atom. The van der Waals surface area contributed by atoms with Gasteiger partial charge in [0.05, 0.1) is 13.7 Å². The van der Waals surface area contributed by atoms with Crippen LogP contribution >= 0.6 is 0 Å². The van der Waals surface area contributed by atoms with Crippen molar-refractivity contribution >= 4 is 0 Å². The van der Waals surface area contributed by atoms with Gasteiger partial charge in [-0.1, -0.05) is 175 Å². The van der Waals surface area contributed by atoms with E-state index in [-0.39, 0.29) is 82.4 Å². The predicted molar refractivity (Wildman–Crippen MR) is 167 cm³/mol. The van der Waals surface area contributed by atoms with Crippen LogP contribution in [0.25, 0.3) is 33.4 Å². The van der Waals surface area contributed by atoms with Crippen molar-refractivity contribution in [3.05, 3.63) is 144 Å². The lowest BCUT2D eigenvalue weighted by atomic mass is 9.82. The molecule has 0 aromatic heterocycles. The fourth-order valence-corrected chi connectivity index (χ4v) is 4.13. The monoisotopic (exact) mass is 506 g/mol. The summed E-state index contributed by atoms with van der Waals surface area (Å²) in [6, 6.07) is 20.7. The van der Waals surface area contributed by atoms with E-state index >= 15 is 0 Å². The first-order valence-electron chi connectivity index (χ1n) is 17.7. The zero-order valence-electron chi connectivity index (χ0n) is 32.9. The molecule has 0 nitrogen and oxygen atoms in total. The Hall–Kier alpha value is -3.90. The van der Waals surface area contributed by atoms with E-state index in [1.807, 2.05) is 57.2 Å². The third-order valence-corrected chi connectivity index (χ3v) is 6.26. The van der Waals surface area contributed by atoms with Crippen LogP contribution in [0.3, 0.4) is 0 Å². The molecule has 0 fully saturated rings. The molecule has 0 radical (unpaired) electrons. The van der Waals surface area contributed by atoms with Gasteiger partial charge in [0.1, 0.15) is 0 Å². The first-order valence-corrected chi connectivity index (χ1v) is 12.7. The van der Waals surface area contributed by atoms with Gasteiger partial charge in [-0.05, 0) is 55.3 Å². The standard InChI is InChI=1S/C22H22.C16H18/c1-22(2,3)21-15-13-20(14-16-21)19-11-9-18(10-12-19)17-7-5-4-6-8-17;1-16(2,3)15-12-8-7-11-14(15)13-9-5-4-6-10-13/h4-16H,1-3H3;4-12H,1-3H3/i4D,5D,6D,7D,8D;4D,5D,6D,9D,10D. The maximum atomic E-state index is 8.10. The Bertz CT molecular complexity index is 1910. The van der Waals surface area contributed by atoms with E-state index in [1.165, 1.54) is 5.56 Å². The third kappa shape index (κ3) is 6.90. The van der Waals surface area contributed by atoms with Crippen LogP contribution in [0.4, 0.5) is 0 Å². The molecule has 0 saturated carbocycles. The molecule has 0 spiro atoms. The summed E-state index contributed by atoms with van der Waals surface area (Å²) in [6.07, 6.45) is 0. The highest BCUT2D eigenvalue weighted by Gasteiger charge is 2.17. The van der Waals surface area contributed by atoms with Gasteiger partial charge in [0, 0.05) is 0 Å². The lowest BCUT2D eigenvalue weighted by Crippen LogP contribution is -2.12. The molecule has 0 aliphatic heterocycles. The van der Waals surface area contributed by atoms with Gasteiger partial charge < -0.3 is 0 Å². The molecule has 0 amide bonds. The van der Waals surface area contributed by atoms with Gasteiger partial charge in [-0.2, -0.15) is 0 Å². The highest BCUT2D eigenvalue weighted by atomic mass is 14.2. The molecule has 5 aromatic carbocycles. The largest absolute Gasteiger partial charge is 0.0629 e. The highest BCUT2D eigenvalue weighted by molar-refractivity contribution is 5.71. The van der Waals surface area contributed by atoms with Crippen LogP contribution in [-0.4, -0.2) is 0 Å². The van der Waals surface area contributed by atoms with Crippen molar-refractivity contribution in [2.24, 2.45) is 0 Å². The molecule has 5 aromatic rings. The summed E-state index contributed by atoms with van der Waals surface area (Å²) in [5.41, 5.74) is 6.06. The van der Waals surface area contributed by atoms with E-state index < -0.39 is 0 Å². The third-order valence-electron chi connectivity index (χ3n) is 6.26. The first-order chi connectivity index (χ1) is 22.3. The number of rotatable bonds is 3. The van der Waals surface area contributed by atoms with Crippen molar-refractivity contribution in [1.82, 2.24) is 0 Å². The molecule has 5 rings (SSSR count). The summed E-state index contributed by atoms with van der Waals surface area (Å²) >= 11 is 0. The predicted octanol–water partition coefficient (Wildman–Crippen LogP) is 11.0. The topological polar surface area (TPSA) is 0 Å². The molecule has 0 heterocycles. The Morgan fingerprint density at radius 2 is 0.842 bits per heavy atom. The Kier molecular flexibility index (Phi) is 5.16. The molecular weight excluding hydrogens is 456 g/mol. The normalized spacial score (nSPS) is 15.1. The molecule has 0 atom stereocenters. The Morgan fingerprint density at radius 3 is 1.32 bits per heavy atom. The van der Waals surface area contributed by atoms with Crippen LogP contribution in [0, 0.1) is 0 Å². The molecule has 0 bridgehead atoms. The van der Waals surface area contributed by atoms with Gasteiger partial charge in [-0.15, -0.1) is 0 Å². The average molecular weight is 507 g/mol. The van der Waals surface area contributed by atoms with E-state index in [1.54, 1.807) is 12.1 Å². The number of hydrogen-bond acceptors (Lipinski definition) is 0. The quantitative estimate of drug-likeness (QED) is 0.228. The van der Waals surface area contributed by atoms with Crippen LogP contribution in [0.15, 0.2) is 133 Å². The zero-order valence-corrected chi connectivity index (χ0v) is 22.9. The lowest BCUT2D eigenvalue weighted by Gasteiger charge is -2.23. The van der Waals surface area contributed by atoms with Crippen molar-refractivity contribution in [2.75, 3.05) is 0 Å². The minimum atomic E-state index is -0.371. The fraction of sp³-hybridized carbons (Fsp3) is 0.211. The maximum Gasteiger partial charge on any atom is 0.0629 e. The average Bonchev–Trinajstić information content (AvgIpc) is 3.05. The van der Waals surface area contributed by atoms with Gasteiger partial charge >= 0.3 is 0 Å². The van der Waals surface area contributed by atoms with Gasteiger partial charge in [0.15, 0.2) is 0 Å². The molecule has 38 heavy (non-hydrogen) atoms. The van der Waals surface area contributed by atoms with Crippen LogP contribution in [0.5, 0.6) is 0 Å². The lowest BCUT2D eigenvalue weighted by molar-refractivity contribution is 0.590. The van der Waals surface area contributed by atoms with Crippen molar-refractivity contribution in [3.8, 4) is 33.4 Å². The second-order valence-corrected chi connectivity index (χ2v) is 11.2. The molecule has 0 aliphatic carbocycles. The van der Waals surface area contributed by atoms with E-state index in [4.69, 9.17) is 13.7 Å². The first kappa shape index (κ1) is 16.8. The van der Waals surface area contributed by atoms with E-state index in [0.717, 1.165) is 16.7 Å². The molecule has 192 valence electrons. The summed E-state index contributed by atoms with van der Waals surface area (Å²) < 4.78 is 79.0. The van der Waals surface area contributed by atoms with Gasteiger partial charge in [-0.25, -0.2) is 0 Å². The minimum Gasteiger partial charge on any atom is -0.0622 e. The van der Waals surface area contributed by atoms with E-state index in [2.05, 4.69) is 45.0 Å². The van der Waals surface area contributed by atoms with E-state index in [9.17, 15) is 0 Å². The van der Waals surface area contributed by atoms with Crippen LogP contribution in [0.1, 0.15) is 66.4 Å². The van der Waals surface area contributed by atoms with Crippen LogP contribution in [-0.2, 0) is 10.8 Å². The van der Waals surface area contributed by atoms with Gasteiger partial charge in [0.25, 0.3) is 0 Å². The second kappa shape index (κ2) is 11.7. The Balaban J connectivity index is 0.000000224. The maximum absolute atomic E-state index is 8.10. The summed E-state index contributed by atoms with van der Waals surface area (Å²) in [5, 5.41) is 0. The van der Waals surface area contributed by atoms with Crippen molar-refractivity contribution < 1.29 is 13.7 Å². The molecular formula is C38H40. The molecule has 0 heteroatoms. The molecule has 0 saturated heterocycles. The second-order valence-electron chi connectivity index (χ2n) is 11.2. The Labute approximate surface area is 244 Å². The SMILES string of the molecule is [2H]c1c([2H])c([2H])c(-c2ccc(-c3ccc(C(C)(C)C)cc3)cc2)c([2H])c1[2H].[2H]c1c([2H])c([2H])c(-c2ccccc2C(C)(C)C)c([2H])c1[2H]. The van der Waals surface area contributed by atoms with Crippen LogP contribution in [0.2, 0.25) is 0 Å². The van der Waals surface area contributed by atoms with Crippen molar-refractivity contribution in [2.45, 2.75) is 52.4 Å². The highest BCUT2D eigenvalue weighted by Crippen LogP contribution is 2.32. The zero-order chi connectivity index (χ0) is 35.9. The van der Waals surface area contributed by atoms with Crippen molar-refractivity contribution in [3.63, 3.8) is 0 Å².